The number of thiazole rings is 1. The van der Waals surface area contributed by atoms with Crippen molar-refractivity contribution in [1.29, 1.82) is 0 Å². The average Bonchev–Trinajstić information content (AvgIpc) is 3.30. The Bertz CT molecular complexity index is 973. The van der Waals surface area contributed by atoms with E-state index < -0.39 is 0 Å². The Morgan fingerprint density at radius 3 is 2.68 bits per heavy atom. The molecule has 4 aromatic rings. The highest BCUT2D eigenvalue weighted by atomic mass is 32.1. The lowest BCUT2D eigenvalue weighted by Crippen LogP contribution is -2.26. The molecule has 4 rings (SSSR count). The van der Waals surface area contributed by atoms with E-state index >= 15 is 0 Å². The number of carbonyl (C=O) groups is 1. The molecule has 2 aromatic carbocycles. The highest BCUT2D eigenvalue weighted by Crippen LogP contribution is 2.23. The molecule has 0 bridgehead atoms. The number of hydrogen-bond acceptors (Lipinski definition) is 4. The summed E-state index contributed by atoms with van der Waals surface area (Å²) in [4.78, 5) is 23.0. The van der Waals surface area contributed by atoms with Crippen LogP contribution in [-0.4, -0.2) is 32.4 Å². The Hall–Kier alpha value is -2.99. The van der Waals surface area contributed by atoms with Crippen molar-refractivity contribution >= 4 is 27.5 Å². The number of rotatable bonds is 4. The summed E-state index contributed by atoms with van der Waals surface area (Å²) >= 11 is 1.62. The van der Waals surface area contributed by atoms with Gasteiger partial charge in [-0.1, -0.05) is 12.1 Å². The Labute approximate surface area is 149 Å². The third kappa shape index (κ3) is 3.16. The molecule has 0 saturated carbocycles. The van der Waals surface area contributed by atoms with Crippen LogP contribution in [0.3, 0.4) is 0 Å². The van der Waals surface area contributed by atoms with Crippen LogP contribution in [0.25, 0.3) is 15.9 Å². The van der Waals surface area contributed by atoms with Gasteiger partial charge in [-0.25, -0.2) is 9.97 Å². The fourth-order valence-corrected chi connectivity index (χ4v) is 3.69. The number of benzene rings is 2. The van der Waals surface area contributed by atoms with E-state index in [1.54, 1.807) is 35.8 Å². The third-order valence-corrected chi connectivity index (χ3v) is 5.00. The Morgan fingerprint density at radius 1 is 1.16 bits per heavy atom. The summed E-state index contributed by atoms with van der Waals surface area (Å²) in [5, 5.41) is 0.937. The Balaban J connectivity index is 1.49. The van der Waals surface area contributed by atoms with Crippen LogP contribution in [0.5, 0.6) is 0 Å². The molecule has 124 valence electrons. The van der Waals surface area contributed by atoms with Crippen molar-refractivity contribution in [3.8, 4) is 5.69 Å². The number of imidazole rings is 1. The molecule has 0 aliphatic rings. The molecule has 0 atom stereocenters. The molecule has 0 N–H and O–H groups in total. The smallest absolute Gasteiger partial charge is 0.253 e. The molecule has 0 radical (unpaired) electrons. The fourth-order valence-electron chi connectivity index (χ4n) is 2.67. The molecule has 6 heteroatoms. The van der Waals surface area contributed by atoms with Crippen LogP contribution >= 0.6 is 11.3 Å². The minimum absolute atomic E-state index is 0.0172. The van der Waals surface area contributed by atoms with E-state index in [1.165, 1.54) is 0 Å². The summed E-state index contributed by atoms with van der Waals surface area (Å²) in [6.07, 6.45) is 5.33. The van der Waals surface area contributed by atoms with E-state index in [4.69, 9.17) is 0 Å². The lowest BCUT2D eigenvalue weighted by atomic mass is 10.2. The minimum Gasteiger partial charge on any atom is -0.335 e. The summed E-state index contributed by atoms with van der Waals surface area (Å²) in [5.74, 6) is -0.0172. The van der Waals surface area contributed by atoms with Crippen molar-refractivity contribution in [2.45, 2.75) is 6.54 Å². The van der Waals surface area contributed by atoms with Gasteiger partial charge in [-0.2, -0.15) is 0 Å². The van der Waals surface area contributed by atoms with Crippen LogP contribution in [0.15, 0.2) is 67.3 Å². The summed E-state index contributed by atoms with van der Waals surface area (Å²) in [5.41, 5.74) is 2.61. The van der Waals surface area contributed by atoms with Crippen LogP contribution in [0, 0.1) is 0 Å². The molecule has 1 amide bonds. The van der Waals surface area contributed by atoms with E-state index in [0.717, 1.165) is 20.9 Å². The van der Waals surface area contributed by atoms with Crippen LogP contribution in [-0.2, 0) is 6.54 Å². The van der Waals surface area contributed by atoms with Crippen molar-refractivity contribution in [2.75, 3.05) is 7.05 Å². The van der Waals surface area contributed by atoms with E-state index in [-0.39, 0.29) is 5.91 Å². The largest absolute Gasteiger partial charge is 0.335 e. The molecule has 0 unspecified atom stereocenters. The summed E-state index contributed by atoms with van der Waals surface area (Å²) in [6, 6.07) is 15.5. The van der Waals surface area contributed by atoms with Gasteiger partial charge < -0.3 is 9.47 Å². The van der Waals surface area contributed by atoms with Crippen molar-refractivity contribution < 1.29 is 4.79 Å². The quantitative estimate of drug-likeness (QED) is 0.564. The van der Waals surface area contributed by atoms with E-state index in [9.17, 15) is 4.79 Å². The maximum absolute atomic E-state index is 12.6. The predicted molar refractivity (Wildman–Crippen MR) is 99.0 cm³/mol. The summed E-state index contributed by atoms with van der Waals surface area (Å²) in [6.45, 7) is 0.501. The van der Waals surface area contributed by atoms with Gasteiger partial charge in [0.15, 0.2) is 0 Å². The minimum atomic E-state index is -0.0172. The monoisotopic (exact) mass is 348 g/mol. The normalized spacial score (nSPS) is 10.9. The number of para-hydroxylation sites is 1. The molecule has 0 saturated heterocycles. The molecule has 2 aromatic heterocycles. The molecule has 0 fully saturated rings. The first-order chi connectivity index (χ1) is 12.2. The Morgan fingerprint density at radius 2 is 1.96 bits per heavy atom. The van der Waals surface area contributed by atoms with E-state index in [1.807, 2.05) is 59.3 Å². The molecular weight excluding hydrogens is 332 g/mol. The number of nitrogens with zero attached hydrogens (tertiary/aromatic N) is 4. The van der Waals surface area contributed by atoms with Crippen molar-refractivity contribution in [2.24, 2.45) is 0 Å². The maximum atomic E-state index is 12.6. The number of carbonyl (C=O) groups excluding carboxylic acids is 1. The van der Waals surface area contributed by atoms with Gasteiger partial charge in [0.1, 0.15) is 5.01 Å². The highest BCUT2D eigenvalue weighted by Gasteiger charge is 2.14. The van der Waals surface area contributed by atoms with E-state index in [0.29, 0.717) is 12.1 Å². The molecule has 0 aliphatic heterocycles. The van der Waals surface area contributed by atoms with Crippen LogP contribution in [0.4, 0.5) is 0 Å². The summed E-state index contributed by atoms with van der Waals surface area (Å²) < 4.78 is 3.04. The van der Waals surface area contributed by atoms with Crippen LogP contribution in [0.2, 0.25) is 0 Å². The number of aromatic nitrogens is 3. The standard InChI is InChI=1S/C19H16N4OS/c1-22(12-18-21-16-4-2-3-5-17(16)25-18)19(24)14-6-8-15(9-7-14)23-11-10-20-13-23/h2-11,13H,12H2,1H3. The maximum Gasteiger partial charge on any atom is 0.253 e. The molecule has 5 nitrogen and oxygen atoms in total. The van der Waals surface area contributed by atoms with Gasteiger partial charge in [-0.3, -0.25) is 4.79 Å². The first kappa shape index (κ1) is 15.5. The Kier molecular flexibility index (Phi) is 4.03. The molecular formula is C19H16N4OS. The summed E-state index contributed by atoms with van der Waals surface area (Å²) in [7, 11) is 1.80. The highest BCUT2D eigenvalue weighted by molar-refractivity contribution is 7.18. The zero-order valence-corrected chi connectivity index (χ0v) is 14.5. The van der Waals surface area contributed by atoms with Crippen LogP contribution < -0.4 is 0 Å². The predicted octanol–water partition coefficient (Wildman–Crippen LogP) is 3.75. The van der Waals surface area contributed by atoms with Gasteiger partial charge in [-0.15, -0.1) is 11.3 Å². The second-order valence-electron chi connectivity index (χ2n) is 5.75. The zero-order chi connectivity index (χ0) is 17.2. The second kappa shape index (κ2) is 6.49. The zero-order valence-electron chi connectivity index (χ0n) is 13.7. The van der Waals surface area contributed by atoms with Gasteiger partial charge >= 0.3 is 0 Å². The first-order valence-electron chi connectivity index (χ1n) is 7.89. The number of amides is 1. The molecule has 0 spiro atoms. The number of hydrogen-bond donors (Lipinski definition) is 0. The number of fused-ring (bicyclic) bond motifs is 1. The van der Waals surface area contributed by atoms with Crippen molar-refractivity contribution in [1.82, 2.24) is 19.4 Å². The van der Waals surface area contributed by atoms with Gasteiger partial charge in [0, 0.05) is 30.7 Å². The van der Waals surface area contributed by atoms with Gasteiger partial charge in [0.05, 0.1) is 23.1 Å². The van der Waals surface area contributed by atoms with Crippen LogP contribution in [0.1, 0.15) is 15.4 Å². The lowest BCUT2D eigenvalue weighted by Gasteiger charge is -2.16. The third-order valence-electron chi connectivity index (χ3n) is 3.97. The molecule has 25 heavy (non-hydrogen) atoms. The second-order valence-corrected chi connectivity index (χ2v) is 6.87. The SMILES string of the molecule is CN(Cc1nc2ccccc2s1)C(=O)c1ccc(-n2ccnc2)cc1. The first-order valence-corrected chi connectivity index (χ1v) is 8.71. The van der Waals surface area contributed by atoms with E-state index in [2.05, 4.69) is 9.97 Å². The molecule has 0 aliphatic carbocycles. The van der Waals surface area contributed by atoms with Crippen molar-refractivity contribution in [3.63, 3.8) is 0 Å². The van der Waals surface area contributed by atoms with Crippen molar-refractivity contribution in [3.05, 3.63) is 77.8 Å². The average molecular weight is 348 g/mol. The fraction of sp³-hybridized carbons (Fsp3) is 0.105. The topological polar surface area (TPSA) is 51.0 Å². The lowest BCUT2D eigenvalue weighted by molar-refractivity contribution is 0.0785. The van der Waals surface area contributed by atoms with Gasteiger partial charge in [0.25, 0.3) is 5.91 Å². The van der Waals surface area contributed by atoms with Gasteiger partial charge in [-0.05, 0) is 36.4 Å². The molecule has 2 heterocycles. The van der Waals surface area contributed by atoms with Gasteiger partial charge in [0.2, 0.25) is 0 Å².